The lowest BCUT2D eigenvalue weighted by Gasteiger charge is -2.18. The number of hydrogen-bond donors (Lipinski definition) is 3. The molecule has 0 aliphatic heterocycles. The SMILES string of the molecule is CCCC(CCO)CNC(=NCC(C)Cc1cccs1)NCC. The summed E-state index contributed by atoms with van der Waals surface area (Å²) in [6, 6.07) is 4.30. The van der Waals surface area contributed by atoms with Gasteiger partial charge in [-0.05, 0) is 49.5 Å². The minimum absolute atomic E-state index is 0.262. The minimum Gasteiger partial charge on any atom is -0.396 e. The van der Waals surface area contributed by atoms with Crippen LogP contribution in [0.15, 0.2) is 22.5 Å². The molecule has 0 amide bonds. The Balaban J connectivity index is 2.44. The Morgan fingerprint density at radius 2 is 2.13 bits per heavy atom. The van der Waals surface area contributed by atoms with E-state index < -0.39 is 0 Å². The number of nitrogens with one attached hydrogen (secondary N) is 2. The maximum Gasteiger partial charge on any atom is 0.191 e. The van der Waals surface area contributed by atoms with Crippen LogP contribution in [0, 0.1) is 11.8 Å². The van der Waals surface area contributed by atoms with Crippen LogP contribution in [0.1, 0.15) is 44.9 Å². The Hall–Kier alpha value is -1.07. The number of aliphatic imine (C=N–C) groups is 1. The molecule has 2 atom stereocenters. The molecule has 0 bridgehead atoms. The van der Waals surface area contributed by atoms with Crippen molar-refractivity contribution in [3.8, 4) is 0 Å². The second-order valence-corrected chi connectivity index (χ2v) is 7.19. The third-order valence-electron chi connectivity index (χ3n) is 3.83. The van der Waals surface area contributed by atoms with Crippen LogP contribution in [0.3, 0.4) is 0 Å². The summed E-state index contributed by atoms with van der Waals surface area (Å²) in [4.78, 5) is 6.15. The van der Waals surface area contributed by atoms with Gasteiger partial charge in [0.05, 0.1) is 0 Å². The fourth-order valence-corrected chi connectivity index (χ4v) is 3.48. The van der Waals surface area contributed by atoms with E-state index in [1.54, 1.807) is 0 Å². The highest BCUT2D eigenvalue weighted by Gasteiger charge is 2.09. The standard InChI is InChI=1S/C18H33N3OS/c1-4-7-16(9-10-22)14-21-18(19-5-2)20-13-15(3)12-17-8-6-11-23-17/h6,8,11,15-16,22H,4-5,7,9-10,12-14H2,1-3H3,(H2,19,20,21). The van der Waals surface area contributed by atoms with Gasteiger partial charge in [0.15, 0.2) is 5.96 Å². The zero-order valence-corrected chi connectivity index (χ0v) is 15.7. The van der Waals surface area contributed by atoms with Gasteiger partial charge in [-0.25, -0.2) is 0 Å². The Labute approximate surface area is 145 Å². The third kappa shape index (κ3) is 8.96. The number of aliphatic hydroxyl groups excluding tert-OH is 1. The first-order chi connectivity index (χ1) is 11.2. The number of rotatable bonds is 11. The van der Waals surface area contributed by atoms with Crippen LogP contribution in [0.2, 0.25) is 0 Å². The summed E-state index contributed by atoms with van der Waals surface area (Å²) in [5, 5.41) is 18.0. The molecule has 0 radical (unpaired) electrons. The lowest BCUT2D eigenvalue weighted by Crippen LogP contribution is -2.40. The van der Waals surface area contributed by atoms with Crippen molar-refractivity contribution in [2.24, 2.45) is 16.8 Å². The second kappa shape index (κ2) is 12.4. The molecule has 0 saturated heterocycles. The molecule has 3 N–H and O–H groups in total. The van der Waals surface area contributed by atoms with Crippen LogP contribution in [-0.4, -0.2) is 37.3 Å². The number of thiophene rings is 1. The van der Waals surface area contributed by atoms with Crippen LogP contribution < -0.4 is 10.6 Å². The van der Waals surface area contributed by atoms with Gasteiger partial charge in [-0.15, -0.1) is 11.3 Å². The Kier molecular flexibility index (Phi) is 10.7. The van der Waals surface area contributed by atoms with E-state index in [1.807, 2.05) is 11.3 Å². The molecular formula is C18H33N3OS. The van der Waals surface area contributed by atoms with E-state index in [1.165, 1.54) is 4.88 Å². The molecule has 1 aromatic rings. The van der Waals surface area contributed by atoms with Gasteiger partial charge in [-0.1, -0.05) is 26.3 Å². The van der Waals surface area contributed by atoms with Crippen LogP contribution in [0.25, 0.3) is 0 Å². The number of hydrogen-bond acceptors (Lipinski definition) is 3. The predicted octanol–water partition coefficient (Wildman–Crippen LogP) is 3.28. The summed E-state index contributed by atoms with van der Waals surface area (Å²) in [5.74, 6) is 1.94. The molecule has 2 unspecified atom stereocenters. The minimum atomic E-state index is 0.262. The van der Waals surface area contributed by atoms with Gasteiger partial charge in [0.25, 0.3) is 0 Å². The molecule has 0 aliphatic carbocycles. The smallest absolute Gasteiger partial charge is 0.191 e. The van der Waals surface area contributed by atoms with Crippen molar-refractivity contribution in [1.29, 1.82) is 0 Å². The summed E-state index contributed by atoms with van der Waals surface area (Å²) in [6.07, 6.45) is 4.23. The quantitative estimate of drug-likeness (QED) is 0.428. The Bertz CT molecular complexity index is 414. The first kappa shape index (κ1) is 20.0. The van der Waals surface area contributed by atoms with E-state index in [4.69, 9.17) is 10.1 Å². The highest BCUT2D eigenvalue weighted by atomic mass is 32.1. The second-order valence-electron chi connectivity index (χ2n) is 6.16. The fraction of sp³-hybridized carbons (Fsp3) is 0.722. The molecule has 0 fully saturated rings. The van der Waals surface area contributed by atoms with Crippen molar-refractivity contribution in [3.63, 3.8) is 0 Å². The van der Waals surface area contributed by atoms with Crippen molar-refractivity contribution in [2.75, 3.05) is 26.2 Å². The van der Waals surface area contributed by atoms with E-state index in [-0.39, 0.29) is 6.61 Å². The lowest BCUT2D eigenvalue weighted by molar-refractivity contribution is 0.251. The van der Waals surface area contributed by atoms with Crippen molar-refractivity contribution in [1.82, 2.24) is 10.6 Å². The molecular weight excluding hydrogens is 306 g/mol. The molecule has 0 aliphatic rings. The van der Waals surface area contributed by atoms with E-state index in [2.05, 4.69) is 48.9 Å². The molecule has 5 heteroatoms. The van der Waals surface area contributed by atoms with Gasteiger partial charge < -0.3 is 15.7 Å². The molecule has 23 heavy (non-hydrogen) atoms. The van der Waals surface area contributed by atoms with Crippen LogP contribution in [-0.2, 0) is 6.42 Å². The molecule has 1 aromatic heterocycles. The monoisotopic (exact) mass is 339 g/mol. The zero-order valence-electron chi connectivity index (χ0n) is 14.8. The maximum absolute atomic E-state index is 9.16. The van der Waals surface area contributed by atoms with Gasteiger partial charge in [0, 0.05) is 31.1 Å². The zero-order chi connectivity index (χ0) is 16.9. The largest absolute Gasteiger partial charge is 0.396 e. The van der Waals surface area contributed by atoms with Crippen molar-refractivity contribution in [3.05, 3.63) is 22.4 Å². The van der Waals surface area contributed by atoms with Gasteiger partial charge >= 0.3 is 0 Å². The van der Waals surface area contributed by atoms with Gasteiger partial charge in [-0.3, -0.25) is 4.99 Å². The Morgan fingerprint density at radius 1 is 1.30 bits per heavy atom. The van der Waals surface area contributed by atoms with Crippen LogP contribution in [0.4, 0.5) is 0 Å². The predicted molar refractivity (Wildman–Crippen MR) is 101 cm³/mol. The van der Waals surface area contributed by atoms with Crippen molar-refractivity contribution in [2.45, 2.75) is 46.5 Å². The summed E-state index contributed by atoms with van der Waals surface area (Å²) in [6.45, 7) is 9.35. The Morgan fingerprint density at radius 3 is 2.74 bits per heavy atom. The van der Waals surface area contributed by atoms with Gasteiger partial charge in [0.1, 0.15) is 0 Å². The van der Waals surface area contributed by atoms with Crippen molar-refractivity contribution >= 4 is 17.3 Å². The molecule has 0 saturated carbocycles. The fourth-order valence-electron chi connectivity index (χ4n) is 2.61. The molecule has 0 aromatic carbocycles. The van der Waals surface area contributed by atoms with Gasteiger partial charge in [-0.2, -0.15) is 0 Å². The molecule has 1 heterocycles. The summed E-state index contributed by atoms with van der Waals surface area (Å²) in [5.41, 5.74) is 0. The van der Waals surface area contributed by atoms with E-state index in [9.17, 15) is 0 Å². The molecule has 1 rings (SSSR count). The first-order valence-corrected chi connectivity index (χ1v) is 9.72. The van der Waals surface area contributed by atoms with Crippen LogP contribution in [0.5, 0.6) is 0 Å². The van der Waals surface area contributed by atoms with E-state index in [0.29, 0.717) is 11.8 Å². The molecule has 4 nitrogen and oxygen atoms in total. The number of nitrogens with zero attached hydrogens (tertiary/aromatic N) is 1. The third-order valence-corrected chi connectivity index (χ3v) is 4.73. The maximum atomic E-state index is 9.16. The van der Waals surface area contributed by atoms with Crippen LogP contribution >= 0.6 is 11.3 Å². The average Bonchev–Trinajstić information content (AvgIpc) is 3.03. The highest BCUT2D eigenvalue weighted by molar-refractivity contribution is 7.09. The van der Waals surface area contributed by atoms with E-state index >= 15 is 0 Å². The van der Waals surface area contributed by atoms with Gasteiger partial charge in [0.2, 0.25) is 0 Å². The normalized spacial score (nSPS) is 14.5. The topological polar surface area (TPSA) is 56.6 Å². The summed E-state index contributed by atoms with van der Waals surface area (Å²) < 4.78 is 0. The lowest BCUT2D eigenvalue weighted by atomic mass is 10.0. The van der Waals surface area contributed by atoms with E-state index in [0.717, 1.165) is 51.3 Å². The van der Waals surface area contributed by atoms with Crippen molar-refractivity contribution < 1.29 is 5.11 Å². The highest BCUT2D eigenvalue weighted by Crippen LogP contribution is 2.14. The summed E-state index contributed by atoms with van der Waals surface area (Å²) in [7, 11) is 0. The first-order valence-electron chi connectivity index (χ1n) is 8.84. The summed E-state index contributed by atoms with van der Waals surface area (Å²) >= 11 is 1.82. The number of aliphatic hydroxyl groups is 1. The molecule has 0 spiro atoms. The average molecular weight is 340 g/mol. The molecule has 132 valence electrons. The number of guanidine groups is 1.